The van der Waals surface area contributed by atoms with E-state index in [4.69, 9.17) is 0 Å². The normalized spacial score (nSPS) is 24.6. The van der Waals surface area contributed by atoms with Crippen molar-refractivity contribution >= 4 is 0 Å². The lowest BCUT2D eigenvalue weighted by molar-refractivity contribution is -0.0771. The molecule has 0 saturated heterocycles. The summed E-state index contributed by atoms with van der Waals surface area (Å²) in [6, 6.07) is 13.8. The lowest BCUT2D eigenvalue weighted by atomic mass is 9.67. The molecule has 1 N–H and O–H groups in total. The fraction of sp³-hybridized carbons (Fsp3) is 0.455. The number of hydrogen-bond donors (Lipinski definition) is 1. The molecule has 3 unspecified atom stereocenters. The van der Waals surface area contributed by atoms with Gasteiger partial charge in [-0.1, -0.05) is 43.2 Å². The van der Waals surface area contributed by atoms with Crippen molar-refractivity contribution in [2.24, 2.45) is 5.92 Å². The van der Waals surface area contributed by atoms with E-state index in [1.807, 2.05) is 32.3 Å². The Kier molecular flexibility index (Phi) is 5.73. The second-order valence-electron chi connectivity index (χ2n) is 7.73. The van der Waals surface area contributed by atoms with Crippen molar-refractivity contribution in [2.75, 3.05) is 14.1 Å². The van der Waals surface area contributed by atoms with Crippen LogP contribution < -0.4 is 0 Å². The lowest BCUT2D eigenvalue weighted by Crippen LogP contribution is -2.48. The van der Waals surface area contributed by atoms with Gasteiger partial charge in [-0.3, -0.25) is 0 Å². The highest BCUT2D eigenvalue weighted by Gasteiger charge is 2.44. The first-order valence-electron chi connectivity index (χ1n) is 9.28. The third-order valence-electron chi connectivity index (χ3n) is 5.58. The van der Waals surface area contributed by atoms with Crippen molar-refractivity contribution in [3.05, 3.63) is 71.3 Å². The van der Waals surface area contributed by atoms with Gasteiger partial charge in [0.1, 0.15) is 11.6 Å². The van der Waals surface area contributed by atoms with Crippen LogP contribution in [0.5, 0.6) is 0 Å². The maximum Gasteiger partial charge on any atom is 0.126 e. The minimum atomic E-state index is -0.983. The Morgan fingerprint density at radius 1 is 1.08 bits per heavy atom. The number of hydrogen-bond acceptors (Lipinski definition) is 2. The highest BCUT2D eigenvalue weighted by atomic mass is 19.1. The van der Waals surface area contributed by atoms with Gasteiger partial charge in [0.05, 0.1) is 5.60 Å². The first-order chi connectivity index (χ1) is 12.4. The van der Waals surface area contributed by atoms with E-state index in [9.17, 15) is 13.9 Å². The highest BCUT2D eigenvalue weighted by Crippen LogP contribution is 2.45. The molecule has 0 heterocycles. The molecule has 140 valence electrons. The van der Waals surface area contributed by atoms with Gasteiger partial charge < -0.3 is 10.0 Å². The summed E-state index contributed by atoms with van der Waals surface area (Å²) in [5.74, 6) is -1.19. The van der Waals surface area contributed by atoms with E-state index >= 15 is 0 Å². The molecule has 2 aromatic rings. The number of halogens is 2. The molecule has 1 fully saturated rings. The Hall–Kier alpha value is -1.78. The standard InChI is InChI=1S/C22H27F2NO/c1-25(2)21(17-8-4-3-5-9-17)20-10-6-7-11-22(20,26)15-16-12-18(23)14-19(24)13-16/h3-5,8-9,12-14,20-21,26H,6-7,10-11,15H2,1-2H3. The van der Waals surface area contributed by atoms with E-state index < -0.39 is 17.2 Å². The number of aliphatic hydroxyl groups is 1. The Morgan fingerprint density at radius 3 is 2.35 bits per heavy atom. The van der Waals surface area contributed by atoms with E-state index in [0.29, 0.717) is 12.0 Å². The van der Waals surface area contributed by atoms with Gasteiger partial charge in [-0.25, -0.2) is 8.78 Å². The maximum atomic E-state index is 13.6. The first-order valence-corrected chi connectivity index (χ1v) is 9.28. The molecule has 0 bridgehead atoms. The summed E-state index contributed by atoms with van der Waals surface area (Å²) >= 11 is 0. The van der Waals surface area contributed by atoms with Gasteiger partial charge in [-0.2, -0.15) is 0 Å². The molecule has 4 heteroatoms. The molecule has 26 heavy (non-hydrogen) atoms. The van der Waals surface area contributed by atoms with Crippen molar-refractivity contribution < 1.29 is 13.9 Å². The molecule has 0 amide bonds. The lowest BCUT2D eigenvalue weighted by Gasteiger charge is -2.46. The highest BCUT2D eigenvalue weighted by molar-refractivity contribution is 5.24. The van der Waals surface area contributed by atoms with Crippen LogP contribution in [0.15, 0.2) is 48.5 Å². The van der Waals surface area contributed by atoms with Crippen LogP contribution in [0.25, 0.3) is 0 Å². The first kappa shape index (κ1) is 19.0. The van der Waals surface area contributed by atoms with E-state index in [1.165, 1.54) is 12.1 Å². The molecule has 1 aliphatic carbocycles. The number of rotatable bonds is 5. The molecule has 2 aromatic carbocycles. The average molecular weight is 359 g/mol. The van der Waals surface area contributed by atoms with Gasteiger partial charge in [0, 0.05) is 24.4 Å². The Bertz CT molecular complexity index is 714. The zero-order valence-electron chi connectivity index (χ0n) is 15.5. The molecular formula is C22H27F2NO. The summed E-state index contributed by atoms with van der Waals surface area (Å²) in [5.41, 5.74) is 0.694. The van der Waals surface area contributed by atoms with Crippen molar-refractivity contribution in [1.29, 1.82) is 0 Å². The van der Waals surface area contributed by atoms with Gasteiger partial charge in [-0.15, -0.1) is 0 Å². The van der Waals surface area contributed by atoms with Crippen LogP contribution in [0.4, 0.5) is 8.78 Å². The van der Waals surface area contributed by atoms with Crippen molar-refractivity contribution in [3.8, 4) is 0 Å². The van der Waals surface area contributed by atoms with Gasteiger partial charge in [-0.05, 0) is 50.2 Å². The number of nitrogens with zero attached hydrogens (tertiary/aromatic N) is 1. The zero-order valence-corrected chi connectivity index (χ0v) is 15.5. The Balaban J connectivity index is 1.95. The third-order valence-corrected chi connectivity index (χ3v) is 5.58. The Morgan fingerprint density at radius 2 is 1.73 bits per heavy atom. The zero-order chi connectivity index (χ0) is 18.7. The minimum Gasteiger partial charge on any atom is -0.389 e. The molecule has 3 rings (SSSR count). The van der Waals surface area contributed by atoms with Crippen LogP contribution in [0.2, 0.25) is 0 Å². The Labute approximate surface area is 154 Å². The predicted octanol–water partition coefficient (Wildman–Crippen LogP) is 4.73. The molecule has 3 atom stereocenters. The van der Waals surface area contributed by atoms with Gasteiger partial charge in [0.2, 0.25) is 0 Å². The molecule has 0 aliphatic heterocycles. The third kappa shape index (κ3) is 4.13. The molecular weight excluding hydrogens is 332 g/mol. The summed E-state index contributed by atoms with van der Waals surface area (Å²) in [5, 5.41) is 11.6. The molecule has 1 saturated carbocycles. The average Bonchev–Trinajstić information content (AvgIpc) is 2.56. The maximum absolute atomic E-state index is 13.6. The summed E-state index contributed by atoms with van der Waals surface area (Å²) < 4.78 is 27.3. The molecule has 2 nitrogen and oxygen atoms in total. The summed E-state index contributed by atoms with van der Waals surface area (Å²) in [4.78, 5) is 2.14. The monoisotopic (exact) mass is 359 g/mol. The predicted molar refractivity (Wildman–Crippen MR) is 99.8 cm³/mol. The smallest absolute Gasteiger partial charge is 0.126 e. The molecule has 0 radical (unpaired) electrons. The van der Waals surface area contributed by atoms with Crippen molar-refractivity contribution in [1.82, 2.24) is 4.90 Å². The summed E-state index contributed by atoms with van der Waals surface area (Å²) in [6.07, 6.45) is 3.80. The topological polar surface area (TPSA) is 23.5 Å². The molecule has 0 aromatic heterocycles. The van der Waals surface area contributed by atoms with Crippen LogP contribution in [0, 0.1) is 17.6 Å². The fourth-order valence-corrected chi connectivity index (χ4v) is 4.53. The largest absolute Gasteiger partial charge is 0.389 e. The molecule has 0 spiro atoms. The van der Waals surface area contributed by atoms with Crippen LogP contribution in [-0.4, -0.2) is 29.7 Å². The fourth-order valence-electron chi connectivity index (χ4n) is 4.53. The van der Waals surface area contributed by atoms with Crippen molar-refractivity contribution in [2.45, 2.75) is 43.7 Å². The van der Waals surface area contributed by atoms with Crippen molar-refractivity contribution in [3.63, 3.8) is 0 Å². The van der Waals surface area contributed by atoms with E-state index in [-0.39, 0.29) is 18.4 Å². The van der Waals surface area contributed by atoms with Crippen LogP contribution in [0.1, 0.15) is 42.9 Å². The quantitative estimate of drug-likeness (QED) is 0.834. The van der Waals surface area contributed by atoms with Gasteiger partial charge >= 0.3 is 0 Å². The van der Waals surface area contributed by atoms with E-state index in [0.717, 1.165) is 30.9 Å². The second-order valence-corrected chi connectivity index (χ2v) is 7.73. The minimum absolute atomic E-state index is 0.0000198. The van der Waals surface area contributed by atoms with E-state index in [1.54, 1.807) is 0 Å². The SMILES string of the molecule is CN(C)C(c1ccccc1)C1CCCCC1(O)Cc1cc(F)cc(F)c1. The van der Waals surface area contributed by atoms with Gasteiger partial charge in [0.15, 0.2) is 0 Å². The van der Waals surface area contributed by atoms with E-state index in [2.05, 4.69) is 17.0 Å². The van der Waals surface area contributed by atoms with Crippen LogP contribution >= 0.6 is 0 Å². The summed E-state index contributed by atoms with van der Waals surface area (Å²) in [6.45, 7) is 0. The summed E-state index contributed by atoms with van der Waals surface area (Å²) in [7, 11) is 4.04. The van der Waals surface area contributed by atoms with Crippen LogP contribution in [0.3, 0.4) is 0 Å². The van der Waals surface area contributed by atoms with Crippen LogP contribution in [-0.2, 0) is 6.42 Å². The van der Waals surface area contributed by atoms with Gasteiger partial charge in [0.25, 0.3) is 0 Å². The second kappa shape index (κ2) is 7.85. The number of benzene rings is 2. The molecule has 1 aliphatic rings.